The van der Waals surface area contributed by atoms with Crippen LogP contribution in [-0.4, -0.2) is 41.1 Å². The van der Waals surface area contributed by atoms with Crippen LogP contribution in [0.5, 0.6) is 0 Å². The molecule has 0 aliphatic heterocycles. The summed E-state index contributed by atoms with van der Waals surface area (Å²) in [5, 5.41) is 7.79. The van der Waals surface area contributed by atoms with Crippen molar-refractivity contribution in [1.29, 1.82) is 0 Å². The fraction of sp³-hybridized carbons (Fsp3) is 0.526. The van der Waals surface area contributed by atoms with Gasteiger partial charge >= 0.3 is 0 Å². The van der Waals surface area contributed by atoms with Gasteiger partial charge in [0.2, 0.25) is 0 Å². The van der Waals surface area contributed by atoms with Crippen molar-refractivity contribution in [2.45, 2.75) is 45.3 Å². The molecule has 0 saturated carbocycles. The largest absolute Gasteiger partial charge is 0.305 e. The fourth-order valence-corrected chi connectivity index (χ4v) is 3.42. The molecule has 1 aromatic carbocycles. The molecule has 0 amide bonds. The minimum absolute atomic E-state index is 0.922. The number of nitrogens with zero attached hydrogens (tertiary/aromatic N) is 3. The first kappa shape index (κ1) is 16.2. The third-order valence-corrected chi connectivity index (χ3v) is 4.54. The van der Waals surface area contributed by atoms with Crippen molar-refractivity contribution in [1.82, 2.24) is 20.0 Å². The number of aromatic nitrogens is 2. The number of rotatable bonds is 6. The van der Waals surface area contributed by atoms with Crippen molar-refractivity contribution in [3.05, 3.63) is 52.3 Å². The summed E-state index contributed by atoms with van der Waals surface area (Å²) in [5.74, 6) is 0. The number of hydrogen-bond acceptors (Lipinski definition) is 3. The van der Waals surface area contributed by atoms with E-state index >= 15 is 0 Å². The second-order valence-electron chi connectivity index (χ2n) is 7.06. The van der Waals surface area contributed by atoms with Crippen molar-refractivity contribution in [2.75, 3.05) is 21.1 Å². The van der Waals surface area contributed by atoms with Crippen LogP contribution in [0.1, 0.15) is 40.9 Å². The van der Waals surface area contributed by atoms with Gasteiger partial charge in [-0.25, -0.2) is 0 Å². The van der Waals surface area contributed by atoms with Crippen molar-refractivity contribution in [3.8, 4) is 0 Å². The monoisotopic (exact) mass is 312 g/mol. The summed E-state index contributed by atoms with van der Waals surface area (Å²) in [4.78, 5) is 4.55. The minimum Gasteiger partial charge on any atom is -0.305 e. The van der Waals surface area contributed by atoms with E-state index in [0.717, 1.165) is 19.6 Å². The zero-order valence-electron chi connectivity index (χ0n) is 14.6. The van der Waals surface area contributed by atoms with Gasteiger partial charge < -0.3 is 4.90 Å². The summed E-state index contributed by atoms with van der Waals surface area (Å²) in [6.45, 7) is 2.88. The van der Waals surface area contributed by atoms with Crippen molar-refractivity contribution in [3.63, 3.8) is 0 Å². The first-order valence-corrected chi connectivity index (χ1v) is 8.58. The molecule has 124 valence electrons. The van der Waals surface area contributed by atoms with E-state index in [0.29, 0.717) is 0 Å². The van der Waals surface area contributed by atoms with Gasteiger partial charge in [0.25, 0.3) is 0 Å². The molecule has 1 aliphatic carbocycles. The van der Waals surface area contributed by atoms with E-state index in [2.05, 4.69) is 65.4 Å². The summed E-state index contributed by atoms with van der Waals surface area (Å²) in [6.07, 6.45) is 4.95. The standard InChI is InChI=1S/C19H28N4/c1-22(2)12-15-8-10-16(11-9-15)13-23(3)14-19-17-6-4-5-7-18(17)20-21-19/h8-11H,4-7,12-14H2,1-3H3,(H,20,21). The van der Waals surface area contributed by atoms with Gasteiger partial charge in [-0.1, -0.05) is 24.3 Å². The molecule has 4 nitrogen and oxygen atoms in total. The number of nitrogens with one attached hydrogen (secondary N) is 1. The number of aryl methyl sites for hydroxylation is 1. The van der Waals surface area contributed by atoms with Crippen LogP contribution in [0.15, 0.2) is 24.3 Å². The van der Waals surface area contributed by atoms with Crippen LogP contribution in [0.4, 0.5) is 0 Å². The Hall–Kier alpha value is -1.65. The van der Waals surface area contributed by atoms with E-state index in [4.69, 9.17) is 0 Å². The Morgan fingerprint density at radius 3 is 2.26 bits per heavy atom. The molecule has 0 unspecified atom stereocenters. The quantitative estimate of drug-likeness (QED) is 0.890. The zero-order chi connectivity index (χ0) is 16.2. The van der Waals surface area contributed by atoms with E-state index in [9.17, 15) is 0 Å². The number of benzene rings is 1. The van der Waals surface area contributed by atoms with Gasteiger partial charge in [-0.2, -0.15) is 5.10 Å². The molecule has 1 N–H and O–H groups in total. The smallest absolute Gasteiger partial charge is 0.0797 e. The summed E-state index contributed by atoms with van der Waals surface area (Å²) in [7, 11) is 6.39. The number of fused-ring (bicyclic) bond motifs is 1. The molecule has 0 radical (unpaired) electrons. The maximum absolute atomic E-state index is 4.55. The maximum atomic E-state index is 4.55. The lowest BCUT2D eigenvalue weighted by Crippen LogP contribution is -2.19. The van der Waals surface area contributed by atoms with Crippen LogP contribution in [0.2, 0.25) is 0 Å². The molecule has 0 fully saturated rings. The second kappa shape index (κ2) is 7.28. The van der Waals surface area contributed by atoms with Crippen LogP contribution in [0.3, 0.4) is 0 Å². The third-order valence-electron chi connectivity index (χ3n) is 4.54. The highest BCUT2D eigenvalue weighted by Gasteiger charge is 2.17. The SMILES string of the molecule is CN(C)Cc1ccc(CN(C)Cc2n[nH]c3c2CCCC3)cc1. The normalized spacial score (nSPS) is 14.5. The van der Waals surface area contributed by atoms with Gasteiger partial charge in [0, 0.05) is 25.3 Å². The summed E-state index contributed by atoms with van der Waals surface area (Å²) in [6, 6.07) is 8.96. The number of hydrogen-bond donors (Lipinski definition) is 1. The zero-order valence-corrected chi connectivity index (χ0v) is 14.6. The maximum Gasteiger partial charge on any atom is 0.0797 e. The lowest BCUT2D eigenvalue weighted by atomic mass is 9.96. The van der Waals surface area contributed by atoms with E-state index in [-0.39, 0.29) is 0 Å². The van der Waals surface area contributed by atoms with Gasteiger partial charge in [-0.05, 0) is 63.5 Å². The molecular weight excluding hydrogens is 284 g/mol. The Morgan fingerprint density at radius 1 is 0.913 bits per heavy atom. The molecule has 1 aliphatic rings. The van der Waals surface area contributed by atoms with Crippen molar-refractivity contribution < 1.29 is 0 Å². The van der Waals surface area contributed by atoms with Crippen LogP contribution in [0.25, 0.3) is 0 Å². The van der Waals surface area contributed by atoms with E-state index < -0.39 is 0 Å². The molecule has 0 spiro atoms. The number of aromatic amines is 1. The molecule has 0 atom stereocenters. The van der Waals surface area contributed by atoms with Crippen LogP contribution in [-0.2, 0) is 32.5 Å². The van der Waals surface area contributed by atoms with Crippen LogP contribution >= 0.6 is 0 Å². The second-order valence-corrected chi connectivity index (χ2v) is 7.06. The molecule has 1 aromatic heterocycles. The molecule has 0 bridgehead atoms. The van der Waals surface area contributed by atoms with Crippen LogP contribution < -0.4 is 0 Å². The molecule has 23 heavy (non-hydrogen) atoms. The van der Waals surface area contributed by atoms with Gasteiger partial charge in [0.15, 0.2) is 0 Å². The first-order chi connectivity index (χ1) is 11.1. The van der Waals surface area contributed by atoms with E-state index in [1.54, 1.807) is 0 Å². The molecule has 4 heteroatoms. The first-order valence-electron chi connectivity index (χ1n) is 8.58. The third kappa shape index (κ3) is 4.21. The van der Waals surface area contributed by atoms with Gasteiger partial charge in [0.1, 0.15) is 0 Å². The highest BCUT2D eigenvalue weighted by atomic mass is 15.2. The van der Waals surface area contributed by atoms with Gasteiger partial charge in [-0.15, -0.1) is 0 Å². The van der Waals surface area contributed by atoms with Crippen molar-refractivity contribution >= 4 is 0 Å². The molecule has 0 saturated heterocycles. The van der Waals surface area contributed by atoms with Crippen LogP contribution in [0, 0.1) is 0 Å². The Balaban J connectivity index is 1.59. The highest BCUT2D eigenvalue weighted by Crippen LogP contribution is 2.23. The summed E-state index contributed by atoms with van der Waals surface area (Å²) >= 11 is 0. The Labute approximate surface area is 139 Å². The summed E-state index contributed by atoms with van der Waals surface area (Å²) in [5.41, 5.74) is 6.81. The van der Waals surface area contributed by atoms with E-state index in [1.165, 1.54) is 53.8 Å². The van der Waals surface area contributed by atoms with Gasteiger partial charge in [-0.3, -0.25) is 10.00 Å². The lowest BCUT2D eigenvalue weighted by Gasteiger charge is -2.18. The highest BCUT2D eigenvalue weighted by molar-refractivity contribution is 5.28. The van der Waals surface area contributed by atoms with Crippen molar-refractivity contribution in [2.24, 2.45) is 0 Å². The molecule has 1 heterocycles. The average molecular weight is 312 g/mol. The molecule has 2 aromatic rings. The Morgan fingerprint density at radius 2 is 1.57 bits per heavy atom. The topological polar surface area (TPSA) is 35.2 Å². The molecular formula is C19H28N4. The lowest BCUT2D eigenvalue weighted by molar-refractivity contribution is 0.313. The van der Waals surface area contributed by atoms with Gasteiger partial charge in [0.05, 0.1) is 5.69 Å². The minimum atomic E-state index is 0.922. The number of H-pyrrole nitrogens is 1. The van der Waals surface area contributed by atoms with E-state index in [1.807, 2.05) is 0 Å². The Kier molecular flexibility index (Phi) is 5.13. The fourth-order valence-electron chi connectivity index (χ4n) is 3.42. The Bertz CT molecular complexity index is 627. The predicted octanol–water partition coefficient (Wildman–Crippen LogP) is 2.98. The molecule has 3 rings (SSSR count). The predicted molar refractivity (Wildman–Crippen MR) is 94.2 cm³/mol. The average Bonchev–Trinajstić information content (AvgIpc) is 2.92. The summed E-state index contributed by atoms with van der Waals surface area (Å²) < 4.78 is 0.